The molecule has 136 valence electrons. The molecule has 0 atom stereocenters. The molecule has 0 saturated heterocycles. The van der Waals surface area contributed by atoms with Gasteiger partial charge >= 0.3 is 0 Å². The number of aryl methyl sites for hydroxylation is 1. The fourth-order valence-corrected chi connectivity index (χ4v) is 3.17. The van der Waals surface area contributed by atoms with Crippen LogP contribution >= 0.6 is 0 Å². The number of nitrogens with zero attached hydrogens (tertiary/aromatic N) is 2. The number of fused-ring (bicyclic) bond motifs is 1. The summed E-state index contributed by atoms with van der Waals surface area (Å²) in [6.45, 7) is 3.35. The van der Waals surface area contributed by atoms with E-state index in [0.29, 0.717) is 13.2 Å². The molecule has 0 amide bonds. The maximum Gasteiger partial charge on any atom is 0.141 e. The first-order valence-electron chi connectivity index (χ1n) is 9.04. The Balaban J connectivity index is 1.61. The van der Waals surface area contributed by atoms with Crippen molar-refractivity contribution in [1.29, 1.82) is 0 Å². The average molecular weight is 358 g/mol. The topological polar surface area (TPSA) is 36.3 Å². The molecule has 0 spiro atoms. The van der Waals surface area contributed by atoms with E-state index in [-0.39, 0.29) is 0 Å². The summed E-state index contributed by atoms with van der Waals surface area (Å²) in [6, 6.07) is 24.4. The fourth-order valence-electron chi connectivity index (χ4n) is 3.17. The molecule has 3 aromatic carbocycles. The SMILES string of the molecule is COc1cccc(OCCn2c(-c3ccc(C)cc3)nc3ccccc32)c1. The summed E-state index contributed by atoms with van der Waals surface area (Å²) in [4.78, 5) is 4.85. The van der Waals surface area contributed by atoms with Crippen LogP contribution in [0, 0.1) is 6.92 Å². The van der Waals surface area contributed by atoms with Gasteiger partial charge in [-0.25, -0.2) is 4.98 Å². The minimum Gasteiger partial charge on any atom is -0.497 e. The number of hydrogen-bond donors (Lipinski definition) is 0. The summed E-state index contributed by atoms with van der Waals surface area (Å²) >= 11 is 0. The first-order valence-corrected chi connectivity index (χ1v) is 9.04. The summed E-state index contributed by atoms with van der Waals surface area (Å²) in [6.07, 6.45) is 0. The van der Waals surface area contributed by atoms with Crippen LogP contribution in [0.4, 0.5) is 0 Å². The van der Waals surface area contributed by atoms with Gasteiger partial charge in [0.05, 0.1) is 24.7 Å². The third kappa shape index (κ3) is 3.65. The van der Waals surface area contributed by atoms with Crippen LogP contribution in [-0.2, 0) is 6.54 Å². The smallest absolute Gasteiger partial charge is 0.141 e. The Kier molecular flexibility index (Phi) is 4.79. The maximum absolute atomic E-state index is 5.95. The van der Waals surface area contributed by atoms with Gasteiger partial charge in [0.2, 0.25) is 0 Å². The zero-order chi connectivity index (χ0) is 18.6. The van der Waals surface area contributed by atoms with Crippen molar-refractivity contribution in [2.75, 3.05) is 13.7 Å². The van der Waals surface area contributed by atoms with E-state index in [0.717, 1.165) is 33.9 Å². The second kappa shape index (κ2) is 7.54. The molecule has 1 heterocycles. The van der Waals surface area contributed by atoms with Gasteiger partial charge in [0.25, 0.3) is 0 Å². The van der Waals surface area contributed by atoms with E-state index in [2.05, 4.69) is 41.8 Å². The average Bonchev–Trinajstić information content (AvgIpc) is 3.07. The number of imidazole rings is 1. The van der Waals surface area contributed by atoms with Crippen molar-refractivity contribution in [3.8, 4) is 22.9 Å². The minimum atomic E-state index is 0.548. The zero-order valence-electron chi connectivity index (χ0n) is 15.6. The van der Waals surface area contributed by atoms with Crippen LogP contribution in [0.15, 0.2) is 72.8 Å². The highest BCUT2D eigenvalue weighted by atomic mass is 16.5. The third-order valence-corrected chi connectivity index (χ3v) is 4.59. The largest absolute Gasteiger partial charge is 0.497 e. The van der Waals surface area contributed by atoms with Gasteiger partial charge in [0.15, 0.2) is 0 Å². The molecular weight excluding hydrogens is 336 g/mol. The molecule has 4 heteroatoms. The lowest BCUT2D eigenvalue weighted by atomic mass is 10.1. The lowest BCUT2D eigenvalue weighted by Gasteiger charge is -2.12. The second-order valence-electron chi connectivity index (χ2n) is 6.47. The van der Waals surface area contributed by atoms with Crippen molar-refractivity contribution in [3.63, 3.8) is 0 Å². The monoisotopic (exact) mass is 358 g/mol. The van der Waals surface area contributed by atoms with Gasteiger partial charge in [-0.1, -0.05) is 48.0 Å². The van der Waals surface area contributed by atoms with Gasteiger partial charge in [-0.05, 0) is 31.2 Å². The molecule has 0 unspecified atom stereocenters. The predicted molar refractivity (Wildman–Crippen MR) is 108 cm³/mol. The Bertz CT molecular complexity index is 1050. The molecule has 1 aromatic heterocycles. The summed E-state index contributed by atoms with van der Waals surface area (Å²) in [7, 11) is 1.66. The molecule has 0 fully saturated rings. The first kappa shape index (κ1) is 17.2. The van der Waals surface area contributed by atoms with E-state index in [1.807, 2.05) is 42.5 Å². The fraction of sp³-hybridized carbons (Fsp3) is 0.174. The number of benzene rings is 3. The number of para-hydroxylation sites is 2. The Hall–Kier alpha value is -3.27. The van der Waals surface area contributed by atoms with Gasteiger partial charge in [0, 0.05) is 11.6 Å². The van der Waals surface area contributed by atoms with Crippen LogP contribution in [0.5, 0.6) is 11.5 Å². The van der Waals surface area contributed by atoms with Crippen molar-refractivity contribution in [2.45, 2.75) is 13.5 Å². The first-order chi connectivity index (χ1) is 13.2. The van der Waals surface area contributed by atoms with Crippen LogP contribution < -0.4 is 9.47 Å². The van der Waals surface area contributed by atoms with Crippen LogP contribution in [0.1, 0.15) is 5.56 Å². The maximum atomic E-state index is 5.95. The summed E-state index contributed by atoms with van der Waals surface area (Å²) < 4.78 is 13.4. The molecular formula is C23H22N2O2. The van der Waals surface area contributed by atoms with Crippen LogP contribution in [0.3, 0.4) is 0 Å². The van der Waals surface area contributed by atoms with Gasteiger partial charge in [0.1, 0.15) is 23.9 Å². The Labute approximate surface area is 159 Å². The Morgan fingerprint density at radius 2 is 1.67 bits per heavy atom. The van der Waals surface area contributed by atoms with Gasteiger partial charge in [-0.2, -0.15) is 0 Å². The highest BCUT2D eigenvalue weighted by Crippen LogP contribution is 2.25. The second-order valence-corrected chi connectivity index (χ2v) is 6.47. The van der Waals surface area contributed by atoms with Crippen molar-refractivity contribution in [2.24, 2.45) is 0 Å². The van der Waals surface area contributed by atoms with Gasteiger partial charge in [-0.3, -0.25) is 0 Å². The number of methoxy groups -OCH3 is 1. The lowest BCUT2D eigenvalue weighted by molar-refractivity contribution is 0.298. The summed E-state index contributed by atoms with van der Waals surface area (Å²) in [5.74, 6) is 2.56. The highest BCUT2D eigenvalue weighted by Gasteiger charge is 2.12. The third-order valence-electron chi connectivity index (χ3n) is 4.59. The van der Waals surface area contributed by atoms with Gasteiger partial charge < -0.3 is 14.0 Å². The van der Waals surface area contributed by atoms with E-state index in [4.69, 9.17) is 14.5 Å². The van der Waals surface area contributed by atoms with E-state index < -0.39 is 0 Å². The standard InChI is InChI=1S/C23H22N2O2/c1-17-10-12-18(13-11-17)23-24-21-8-3-4-9-22(21)25(23)14-15-27-20-7-5-6-19(16-20)26-2/h3-13,16H,14-15H2,1-2H3. The summed E-state index contributed by atoms with van der Waals surface area (Å²) in [5.41, 5.74) is 4.46. The number of hydrogen-bond acceptors (Lipinski definition) is 3. The number of rotatable bonds is 6. The number of aromatic nitrogens is 2. The van der Waals surface area contributed by atoms with E-state index in [1.165, 1.54) is 5.56 Å². The van der Waals surface area contributed by atoms with Crippen molar-refractivity contribution in [3.05, 3.63) is 78.4 Å². The molecule has 4 rings (SSSR count). The molecule has 0 aliphatic rings. The van der Waals surface area contributed by atoms with Crippen LogP contribution in [-0.4, -0.2) is 23.3 Å². The summed E-state index contributed by atoms with van der Waals surface area (Å²) in [5, 5.41) is 0. The zero-order valence-corrected chi connectivity index (χ0v) is 15.6. The molecule has 27 heavy (non-hydrogen) atoms. The van der Waals surface area contributed by atoms with Crippen molar-refractivity contribution in [1.82, 2.24) is 9.55 Å². The van der Waals surface area contributed by atoms with Crippen molar-refractivity contribution < 1.29 is 9.47 Å². The minimum absolute atomic E-state index is 0.548. The van der Waals surface area contributed by atoms with Crippen molar-refractivity contribution >= 4 is 11.0 Å². The van der Waals surface area contributed by atoms with E-state index >= 15 is 0 Å². The molecule has 0 N–H and O–H groups in total. The number of ether oxygens (including phenoxy) is 2. The molecule has 0 aliphatic carbocycles. The van der Waals surface area contributed by atoms with Gasteiger partial charge in [-0.15, -0.1) is 0 Å². The molecule has 0 bridgehead atoms. The Morgan fingerprint density at radius 3 is 2.48 bits per heavy atom. The highest BCUT2D eigenvalue weighted by molar-refractivity contribution is 5.80. The predicted octanol–water partition coefficient (Wildman–Crippen LogP) is 5.10. The van der Waals surface area contributed by atoms with E-state index in [9.17, 15) is 0 Å². The van der Waals surface area contributed by atoms with Crippen LogP contribution in [0.2, 0.25) is 0 Å². The molecule has 4 aromatic rings. The molecule has 0 radical (unpaired) electrons. The Morgan fingerprint density at radius 1 is 0.889 bits per heavy atom. The quantitative estimate of drug-likeness (QED) is 0.481. The molecule has 0 aliphatic heterocycles. The lowest BCUT2D eigenvalue weighted by Crippen LogP contribution is -2.09. The molecule has 0 saturated carbocycles. The molecule has 4 nitrogen and oxygen atoms in total. The van der Waals surface area contributed by atoms with E-state index in [1.54, 1.807) is 7.11 Å². The normalized spacial score (nSPS) is 10.9. The van der Waals surface area contributed by atoms with Crippen LogP contribution in [0.25, 0.3) is 22.4 Å².